The van der Waals surface area contributed by atoms with Crippen molar-refractivity contribution in [3.8, 4) is 0 Å². The largest absolute Gasteiger partial charge is 0.618 e. The third kappa shape index (κ3) is 3.78. The Morgan fingerprint density at radius 3 is 2.52 bits per heavy atom. The number of carbonyl (C=O) groups excluding carboxylic acids is 2. The molecule has 2 N–H and O–H groups in total. The molecule has 2 amide bonds. The van der Waals surface area contributed by atoms with Gasteiger partial charge in [0.05, 0.1) is 0 Å². The third-order valence-electron chi connectivity index (χ3n) is 5.59. The van der Waals surface area contributed by atoms with Crippen molar-refractivity contribution in [2.45, 2.75) is 26.2 Å². The first-order valence-electron chi connectivity index (χ1n) is 9.84. The molecule has 2 aromatic carbocycles. The van der Waals surface area contributed by atoms with Gasteiger partial charge in [0, 0.05) is 18.2 Å². The van der Waals surface area contributed by atoms with Gasteiger partial charge < -0.3 is 15.8 Å². The zero-order chi connectivity index (χ0) is 20.4. The number of hydrogen-bond acceptors (Lipinski definition) is 3. The maximum absolute atomic E-state index is 13.0. The lowest BCUT2D eigenvalue weighted by Crippen LogP contribution is -2.42. The number of hydrogen-bond donors (Lipinski definition) is 2. The average molecular weight is 389 g/mol. The van der Waals surface area contributed by atoms with Gasteiger partial charge in [0.1, 0.15) is 5.69 Å². The SMILES string of the molecule is Cc1ccc(C(=O)Nc2ccc[n+]([O-])c2C(=O)NCC2CCC2)c2ccccc12. The maximum Gasteiger partial charge on any atom is 0.319 e. The molecule has 0 radical (unpaired) electrons. The monoisotopic (exact) mass is 389 g/mol. The fourth-order valence-corrected chi connectivity index (χ4v) is 3.67. The van der Waals surface area contributed by atoms with Gasteiger partial charge in [-0.3, -0.25) is 9.59 Å². The third-order valence-corrected chi connectivity index (χ3v) is 5.59. The zero-order valence-electron chi connectivity index (χ0n) is 16.3. The molecule has 4 rings (SSSR count). The van der Waals surface area contributed by atoms with Crippen molar-refractivity contribution in [1.29, 1.82) is 0 Å². The lowest BCUT2D eigenvalue weighted by molar-refractivity contribution is -0.607. The lowest BCUT2D eigenvalue weighted by Gasteiger charge is -2.25. The Balaban J connectivity index is 1.61. The summed E-state index contributed by atoms with van der Waals surface area (Å²) in [6.45, 7) is 2.54. The average Bonchev–Trinajstić information content (AvgIpc) is 2.67. The van der Waals surface area contributed by atoms with Crippen molar-refractivity contribution in [1.82, 2.24) is 5.32 Å². The smallest absolute Gasteiger partial charge is 0.319 e. The molecular weight excluding hydrogens is 366 g/mol. The molecule has 1 aromatic heterocycles. The molecule has 0 atom stereocenters. The van der Waals surface area contributed by atoms with Crippen LogP contribution in [0.5, 0.6) is 0 Å². The molecule has 1 aliphatic carbocycles. The van der Waals surface area contributed by atoms with Crippen LogP contribution < -0.4 is 15.4 Å². The molecule has 1 saturated carbocycles. The summed E-state index contributed by atoms with van der Waals surface area (Å²) in [5.41, 5.74) is 1.67. The number of nitrogens with zero attached hydrogens (tertiary/aromatic N) is 1. The standard InChI is InChI=1S/C23H23N3O3/c1-15-11-12-19(18-9-3-2-8-17(15)18)22(27)25-20-10-5-13-26(29)21(20)23(28)24-14-16-6-4-7-16/h2-3,5,8-13,16H,4,6-7,14H2,1H3,(H,24,28)(H,25,27). The molecule has 3 aromatic rings. The van der Waals surface area contributed by atoms with E-state index in [2.05, 4.69) is 10.6 Å². The molecule has 1 fully saturated rings. The van der Waals surface area contributed by atoms with Gasteiger partial charge in [0.2, 0.25) is 0 Å². The summed E-state index contributed by atoms with van der Waals surface area (Å²) in [5, 5.41) is 19.7. The summed E-state index contributed by atoms with van der Waals surface area (Å²) < 4.78 is 0.499. The van der Waals surface area contributed by atoms with Crippen LogP contribution in [0.15, 0.2) is 54.7 Å². The highest BCUT2D eigenvalue weighted by atomic mass is 16.5. The van der Waals surface area contributed by atoms with Crippen LogP contribution in [0, 0.1) is 18.0 Å². The second-order valence-electron chi connectivity index (χ2n) is 7.53. The Hall–Kier alpha value is -3.41. The minimum Gasteiger partial charge on any atom is -0.618 e. The molecule has 0 aliphatic heterocycles. The maximum atomic E-state index is 13.0. The number of anilines is 1. The highest BCUT2D eigenvalue weighted by molar-refractivity contribution is 6.14. The van der Waals surface area contributed by atoms with Crippen molar-refractivity contribution < 1.29 is 14.3 Å². The first-order chi connectivity index (χ1) is 14.0. The van der Waals surface area contributed by atoms with Crippen LogP contribution in [0.25, 0.3) is 10.8 Å². The van der Waals surface area contributed by atoms with Crippen LogP contribution >= 0.6 is 0 Å². The Morgan fingerprint density at radius 1 is 1.03 bits per heavy atom. The van der Waals surface area contributed by atoms with Gasteiger partial charge in [0.25, 0.3) is 5.91 Å². The van der Waals surface area contributed by atoms with E-state index >= 15 is 0 Å². The predicted octanol–water partition coefficient (Wildman–Crippen LogP) is 3.56. The van der Waals surface area contributed by atoms with Gasteiger partial charge in [-0.2, -0.15) is 4.73 Å². The molecule has 148 valence electrons. The molecule has 1 heterocycles. The number of aromatic nitrogens is 1. The number of rotatable bonds is 5. The van der Waals surface area contributed by atoms with Crippen LogP contribution in [-0.4, -0.2) is 18.4 Å². The van der Waals surface area contributed by atoms with Gasteiger partial charge in [0.15, 0.2) is 6.20 Å². The summed E-state index contributed by atoms with van der Waals surface area (Å²) in [6, 6.07) is 14.4. The van der Waals surface area contributed by atoms with Crippen molar-refractivity contribution in [2.24, 2.45) is 5.92 Å². The van der Waals surface area contributed by atoms with Crippen molar-refractivity contribution in [2.75, 3.05) is 11.9 Å². The van der Waals surface area contributed by atoms with Gasteiger partial charge in [-0.1, -0.05) is 36.8 Å². The molecule has 1 aliphatic rings. The van der Waals surface area contributed by atoms with Crippen LogP contribution in [0.2, 0.25) is 0 Å². The summed E-state index contributed by atoms with van der Waals surface area (Å²) in [4.78, 5) is 25.6. The van der Waals surface area contributed by atoms with Gasteiger partial charge in [-0.15, -0.1) is 0 Å². The minimum atomic E-state index is -0.475. The number of fused-ring (bicyclic) bond motifs is 1. The first kappa shape index (κ1) is 18.9. The molecule has 29 heavy (non-hydrogen) atoms. The Kier molecular flexibility index (Phi) is 5.16. The zero-order valence-corrected chi connectivity index (χ0v) is 16.3. The molecule has 0 saturated heterocycles. The predicted molar refractivity (Wildman–Crippen MR) is 112 cm³/mol. The molecule has 0 unspecified atom stereocenters. The highest BCUT2D eigenvalue weighted by Gasteiger charge is 2.25. The number of carbonyl (C=O) groups is 2. The first-order valence-corrected chi connectivity index (χ1v) is 9.84. The van der Waals surface area contributed by atoms with Crippen LogP contribution in [0.3, 0.4) is 0 Å². The fraction of sp³-hybridized carbons (Fsp3) is 0.261. The van der Waals surface area contributed by atoms with Crippen LogP contribution in [0.4, 0.5) is 5.69 Å². The summed E-state index contributed by atoms with van der Waals surface area (Å²) in [5.74, 6) is -0.364. The van der Waals surface area contributed by atoms with E-state index in [-0.39, 0.29) is 17.3 Å². The number of pyridine rings is 1. The van der Waals surface area contributed by atoms with Gasteiger partial charge >= 0.3 is 11.6 Å². The number of benzene rings is 2. The van der Waals surface area contributed by atoms with E-state index in [0.717, 1.165) is 29.2 Å². The van der Waals surface area contributed by atoms with Gasteiger partial charge in [-0.25, -0.2) is 0 Å². The van der Waals surface area contributed by atoms with E-state index in [4.69, 9.17) is 0 Å². The molecule has 0 bridgehead atoms. The second kappa shape index (κ2) is 7.91. The summed E-state index contributed by atoms with van der Waals surface area (Å²) in [7, 11) is 0. The Bertz CT molecular complexity index is 1090. The molecule has 0 spiro atoms. The topological polar surface area (TPSA) is 85.1 Å². The van der Waals surface area contributed by atoms with Gasteiger partial charge in [-0.05, 0) is 54.2 Å². The normalized spacial score (nSPS) is 13.7. The van der Waals surface area contributed by atoms with Crippen LogP contribution in [-0.2, 0) is 0 Å². The van der Waals surface area contributed by atoms with E-state index in [1.54, 1.807) is 12.1 Å². The Morgan fingerprint density at radius 2 is 1.79 bits per heavy atom. The highest BCUT2D eigenvalue weighted by Crippen LogP contribution is 2.26. The fourth-order valence-electron chi connectivity index (χ4n) is 3.67. The molecular formula is C23H23N3O3. The van der Waals surface area contributed by atoms with E-state index in [1.165, 1.54) is 18.7 Å². The summed E-state index contributed by atoms with van der Waals surface area (Å²) in [6.07, 6.45) is 4.63. The van der Waals surface area contributed by atoms with E-state index in [0.29, 0.717) is 22.8 Å². The van der Waals surface area contributed by atoms with Crippen molar-refractivity contribution in [3.63, 3.8) is 0 Å². The summed E-state index contributed by atoms with van der Waals surface area (Å²) >= 11 is 0. The number of nitrogens with one attached hydrogen (secondary N) is 2. The lowest BCUT2D eigenvalue weighted by atomic mass is 9.85. The van der Waals surface area contributed by atoms with E-state index in [9.17, 15) is 14.8 Å². The van der Waals surface area contributed by atoms with E-state index < -0.39 is 5.91 Å². The van der Waals surface area contributed by atoms with Crippen molar-refractivity contribution in [3.05, 3.63) is 76.8 Å². The second-order valence-corrected chi connectivity index (χ2v) is 7.53. The minimum absolute atomic E-state index is 0.100. The molecule has 6 nitrogen and oxygen atoms in total. The quantitative estimate of drug-likeness (QED) is 0.517. The molecule has 6 heteroatoms. The van der Waals surface area contributed by atoms with Crippen molar-refractivity contribution >= 4 is 28.3 Å². The Labute approximate surface area is 169 Å². The van der Waals surface area contributed by atoms with Crippen LogP contribution in [0.1, 0.15) is 45.7 Å². The van der Waals surface area contributed by atoms with E-state index in [1.807, 2.05) is 37.3 Å². The number of aryl methyl sites for hydroxylation is 1. The number of amides is 2.